The van der Waals surface area contributed by atoms with Gasteiger partial charge in [0.1, 0.15) is 6.54 Å². The number of ether oxygens (including phenoxy) is 1. The smallest absolute Gasteiger partial charge is 0.281 e. The van der Waals surface area contributed by atoms with Crippen LogP contribution in [0.1, 0.15) is 16.7 Å². The summed E-state index contributed by atoms with van der Waals surface area (Å²) >= 11 is 0. The number of hydrogen-bond donors (Lipinski definition) is 0. The van der Waals surface area contributed by atoms with Crippen LogP contribution in [-0.4, -0.2) is 52.6 Å². The summed E-state index contributed by atoms with van der Waals surface area (Å²) in [5.74, 6) is -0.187. The lowest BCUT2D eigenvalue weighted by Gasteiger charge is -2.26. The van der Waals surface area contributed by atoms with E-state index in [4.69, 9.17) is 4.74 Å². The summed E-state index contributed by atoms with van der Waals surface area (Å²) in [7, 11) is 0. The molecule has 2 aliphatic heterocycles. The molecule has 0 radical (unpaired) electrons. The SMILES string of the molecule is Cc1ccc(C2=NN(CC(=O)N3CCc4c(-c5ccnnc5)cccc43)C(=O)CO2)cc1. The predicted octanol–water partition coefficient (Wildman–Crippen LogP) is 2.56. The highest BCUT2D eigenvalue weighted by molar-refractivity contribution is 6.02. The molecule has 0 fully saturated rings. The average molecular weight is 427 g/mol. The maximum atomic E-state index is 13.2. The predicted molar refractivity (Wildman–Crippen MR) is 119 cm³/mol. The number of carbonyl (C=O) groups is 2. The van der Waals surface area contributed by atoms with Crippen molar-refractivity contribution in [3.8, 4) is 11.1 Å². The third-order valence-electron chi connectivity index (χ3n) is 5.64. The van der Waals surface area contributed by atoms with Crippen molar-refractivity contribution in [1.82, 2.24) is 15.2 Å². The van der Waals surface area contributed by atoms with E-state index in [0.29, 0.717) is 12.4 Å². The molecule has 0 saturated heterocycles. The zero-order valence-corrected chi connectivity index (χ0v) is 17.6. The molecule has 0 saturated carbocycles. The fourth-order valence-corrected chi connectivity index (χ4v) is 3.99. The van der Waals surface area contributed by atoms with E-state index >= 15 is 0 Å². The molecular weight excluding hydrogens is 406 g/mol. The number of anilines is 1. The van der Waals surface area contributed by atoms with Gasteiger partial charge in [0.15, 0.2) is 6.61 Å². The van der Waals surface area contributed by atoms with E-state index in [1.165, 1.54) is 5.01 Å². The van der Waals surface area contributed by atoms with E-state index in [0.717, 1.165) is 39.9 Å². The second kappa shape index (κ2) is 8.22. The lowest BCUT2D eigenvalue weighted by atomic mass is 9.99. The van der Waals surface area contributed by atoms with Crippen LogP contribution in [0.25, 0.3) is 11.1 Å². The fourth-order valence-electron chi connectivity index (χ4n) is 3.99. The molecule has 1 aromatic heterocycles. The van der Waals surface area contributed by atoms with Crippen molar-refractivity contribution in [3.05, 3.63) is 77.6 Å². The number of amides is 2. The molecule has 0 unspecified atom stereocenters. The molecule has 3 heterocycles. The van der Waals surface area contributed by atoms with Crippen LogP contribution in [-0.2, 0) is 20.7 Å². The Morgan fingerprint density at radius 3 is 2.69 bits per heavy atom. The molecule has 0 bridgehead atoms. The highest BCUT2D eigenvalue weighted by atomic mass is 16.5. The summed E-state index contributed by atoms with van der Waals surface area (Å²) in [6, 6.07) is 15.4. The molecule has 2 aliphatic rings. The summed E-state index contributed by atoms with van der Waals surface area (Å²) in [6.45, 7) is 2.26. The second-order valence-corrected chi connectivity index (χ2v) is 7.74. The topological polar surface area (TPSA) is 88.0 Å². The fraction of sp³-hybridized carbons (Fsp3) is 0.208. The Morgan fingerprint density at radius 1 is 1.06 bits per heavy atom. The van der Waals surface area contributed by atoms with Gasteiger partial charge in [-0.05, 0) is 48.7 Å². The second-order valence-electron chi connectivity index (χ2n) is 7.74. The first-order valence-electron chi connectivity index (χ1n) is 10.4. The minimum Gasteiger partial charge on any atom is -0.466 e. The minimum atomic E-state index is -0.342. The number of hydrogen-bond acceptors (Lipinski definition) is 6. The van der Waals surface area contributed by atoms with Gasteiger partial charge in [-0.25, -0.2) is 5.01 Å². The van der Waals surface area contributed by atoms with Gasteiger partial charge in [0.05, 0.1) is 12.4 Å². The first kappa shape index (κ1) is 19.9. The summed E-state index contributed by atoms with van der Waals surface area (Å²) in [5, 5.41) is 13.3. The van der Waals surface area contributed by atoms with Crippen LogP contribution in [0.4, 0.5) is 5.69 Å². The van der Waals surface area contributed by atoms with Crippen LogP contribution in [0.2, 0.25) is 0 Å². The zero-order chi connectivity index (χ0) is 22.1. The minimum absolute atomic E-state index is 0.141. The molecular formula is C24H21N5O3. The van der Waals surface area contributed by atoms with Crippen molar-refractivity contribution >= 4 is 23.4 Å². The third-order valence-corrected chi connectivity index (χ3v) is 5.64. The first-order valence-corrected chi connectivity index (χ1v) is 10.4. The summed E-state index contributed by atoms with van der Waals surface area (Å²) in [4.78, 5) is 27.2. The molecule has 2 aromatic carbocycles. The van der Waals surface area contributed by atoms with Gasteiger partial charge in [-0.2, -0.15) is 10.2 Å². The van der Waals surface area contributed by atoms with Gasteiger partial charge < -0.3 is 9.64 Å². The number of nitrogens with zero attached hydrogens (tertiary/aromatic N) is 5. The maximum Gasteiger partial charge on any atom is 0.281 e. The van der Waals surface area contributed by atoms with E-state index in [1.807, 2.05) is 55.5 Å². The summed E-state index contributed by atoms with van der Waals surface area (Å²) in [5.41, 5.74) is 5.82. The molecule has 0 aliphatic carbocycles. The van der Waals surface area contributed by atoms with Gasteiger partial charge in [-0.1, -0.05) is 29.8 Å². The monoisotopic (exact) mass is 427 g/mol. The van der Waals surface area contributed by atoms with Gasteiger partial charge >= 0.3 is 0 Å². The standard InChI is InChI=1S/C24H21N5O3/c1-16-5-7-17(8-6-16)24-27-29(23(31)15-32-24)14-22(30)28-12-10-20-19(3-2-4-21(20)28)18-9-11-25-26-13-18/h2-9,11,13H,10,12,14-15H2,1H3. The molecule has 5 rings (SSSR count). The van der Waals surface area contributed by atoms with Crippen LogP contribution in [0.5, 0.6) is 0 Å². The summed E-state index contributed by atoms with van der Waals surface area (Å²) in [6.07, 6.45) is 4.10. The van der Waals surface area contributed by atoms with Crippen LogP contribution in [0.3, 0.4) is 0 Å². The van der Waals surface area contributed by atoms with Crippen molar-refractivity contribution in [3.63, 3.8) is 0 Å². The van der Waals surface area contributed by atoms with Gasteiger partial charge in [0.2, 0.25) is 11.8 Å². The Hall–Kier alpha value is -4.07. The highest BCUT2D eigenvalue weighted by Crippen LogP contribution is 2.36. The molecule has 32 heavy (non-hydrogen) atoms. The van der Waals surface area contributed by atoms with Gasteiger partial charge in [0, 0.05) is 23.4 Å². The number of benzene rings is 2. The van der Waals surface area contributed by atoms with Crippen LogP contribution in [0.15, 0.2) is 66.0 Å². The van der Waals surface area contributed by atoms with Crippen molar-refractivity contribution in [2.45, 2.75) is 13.3 Å². The third kappa shape index (κ3) is 3.71. The van der Waals surface area contributed by atoms with Gasteiger partial charge in [-0.3, -0.25) is 9.59 Å². The quantitative estimate of drug-likeness (QED) is 0.639. The molecule has 160 valence electrons. The highest BCUT2D eigenvalue weighted by Gasteiger charge is 2.31. The molecule has 8 heteroatoms. The molecule has 0 spiro atoms. The normalized spacial score (nSPS) is 15.3. The van der Waals surface area contributed by atoms with Gasteiger partial charge in [-0.15, -0.1) is 5.10 Å². The van der Waals surface area contributed by atoms with E-state index < -0.39 is 0 Å². The molecule has 8 nitrogen and oxygen atoms in total. The number of carbonyl (C=O) groups excluding carboxylic acids is 2. The van der Waals surface area contributed by atoms with Gasteiger partial charge in [0.25, 0.3) is 5.91 Å². The van der Waals surface area contributed by atoms with Crippen LogP contribution >= 0.6 is 0 Å². The molecule has 0 N–H and O–H groups in total. The Morgan fingerprint density at radius 2 is 1.91 bits per heavy atom. The number of aryl methyl sites for hydroxylation is 1. The average Bonchev–Trinajstić information content (AvgIpc) is 3.26. The van der Waals surface area contributed by atoms with E-state index in [1.54, 1.807) is 17.3 Å². The summed E-state index contributed by atoms with van der Waals surface area (Å²) < 4.78 is 5.50. The first-order chi connectivity index (χ1) is 15.6. The zero-order valence-electron chi connectivity index (χ0n) is 17.6. The van der Waals surface area contributed by atoms with Crippen molar-refractivity contribution in [2.24, 2.45) is 5.10 Å². The van der Waals surface area contributed by atoms with Crippen molar-refractivity contribution in [2.75, 3.05) is 24.6 Å². The van der Waals surface area contributed by atoms with Crippen molar-refractivity contribution in [1.29, 1.82) is 0 Å². The van der Waals surface area contributed by atoms with E-state index in [-0.39, 0.29) is 25.0 Å². The molecule has 3 aromatic rings. The number of fused-ring (bicyclic) bond motifs is 1. The Labute approximate surface area is 185 Å². The molecule has 0 atom stereocenters. The van der Waals surface area contributed by atoms with Crippen LogP contribution < -0.4 is 4.90 Å². The van der Waals surface area contributed by atoms with Crippen LogP contribution in [0, 0.1) is 6.92 Å². The number of aromatic nitrogens is 2. The lowest BCUT2D eigenvalue weighted by molar-refractivity contribution is -0.139. The van der Waals surface area contributed by atoms with E-state index in [2.05, 4.69) is 15.3 Å². The lowest BCUT2D eigenvalue weighted by Crippen LogP contribution is -2.44. The Bertz CT molecular complexity index is 1210. The Balaban J connectivity index is 1.38. The van der Waals surface area contributed by atoms with E-state index in [9.17, 15) is 9.59 Å². The maximum absolute atomic E-state index is 13.2. The largest absolute Gasteiger partial charge is 0.466 e. The number of hydrazone groups is 1. The Kier molecular flexibility index (Phi) is 5.10. The van der Waals surface area contributed by atoms with Crippen molar-refractivity contribution < 1.29 is 14.3 Å². The molecule has 2 amide bonds. The number of rotatable bonds is 4.